The van der Waals surface area contributed by atoms with Gasteiger partial charge in [-0.25, -0.2) is 14.8 Å². The van der Waals surface area contributed by atoms with Crippen LogP contribution in [-0.4, -0.2) is 66.6 Å². The zero-order chi connectivity index (χ0) is 22.4. The number of carbonyl (C=O) groups is 2. The van der Waals surface area contributed by atoms with Crippen LogP contribution in [0, 0.1) is 0 Å². The van der Waals surface area contributed by atoms with E-state index in [1.165, 1.54) is 18.3 Å². The van der Waals surface area contributed by atoms with Crippen LogP contribution in [0.15, 0.2) is 35.3 Å². The maximum Gasteiger partial charge on any atom is 1.00 e. The second-order valence-corrected chi connectivity index (χ2v) is 6.46. The summed E-state index contributed by atoms with van der Waals surface area (Å²) in [5, 5.41) is 14.6. The van der Waals surface area contributed by atoms with E-state index in [4.69, 9.17) is 10.8 Å². The van der Waals surface area contributed by atoms with E-state index >= 15 is 0 Å². The smallest absolute Gasteiger partial charge is 0.542 e. The van der Waals surface area contributed by atoms with Crippen molar-refractivity contribution in [3.63, 3.8) is 0 Å². The van der Waals surface area contributed by atoms with E-state index in [1.54, 1.807) is 18.4 Å². The first-order valence-corrected chi connectivity index (χ1v) is 9.11. The van der Waals surface area contributed by atoms with Crippen molar-refractivity contribution in [1.29, 1.82) is 0 Å². The minimum atomic E-state index is -1.23. The fraction of sp³-hybridized carbons (Fsp3) is 0.211. The number of nitrogens with one attached hydrogen (secondary N) is 3. The van der Waals surface area contributed by atoms with Crippen LogP contribution in [0.25, 0.3) is 11.2 Å². The molecular formula is C19H18AlLiN7O5. The molecule has 1 aromatic carbocycles. The van der Waals surface area contributed by atoms with Gasteiger partial charge in [-0.05, 0) is 30.7 Å². The third kappa shape index (κ3) is 7.41. The number of nitrogen functional groups attached to an aromatic ring is 1. The van der Waals surface area contributed by atoms with Crippen LogP contribution in [-0.2, 0) is 16.1 Å². The van der Waals surface area contributed by atoms with E-state index < -0.39 is 23.5 Å². The van der Waals surface area contributed by atoms with Gasteiger partial charge in [0.05, 0.1) is 18.4 Å². The second kappa shape index (κ2) is 12.7. The van der Waals surface area contributed by atoms with Gasteiger partial charge in [0, 0.05) is 28.6 Å². The second-order valence-electron chi connectivity index (χ2n) is 6.46. The predicted molar refractivity (Wildman–Crippen MR) is 116 cm³/mol. The van der Waals surface area contributed by atoms with Crippen LogP contribution in [0.1, 0.15) is 28.9 Å². The van der Waals surface area contributed by atoms with Gasteiger partial charge in [-0.1, -0.05) is 0 Å². The Balaban J connectivity index is 0.00000272. The number of anilines is 2. The monoisotopic (exact) mass is 458 g/mol. The number of carboxylic acid groups (broad SMARTS) is 1. The maximum atomic E-state index is 12.2. The Morgan fingerprint density at radius 2 is 1.91 bits per heavy atom. The number of nitrogens with zero attached hydrogens (tertiary/aromatic N) is 3. The minimum Gasteiger partial charge on any atom is -0.542 e. The molecule has 0 saturated heterocycles. The molecule has 0 fully saturated rings. The largest absolute Gasteiger partial charge is 1.00 e. The summed E-state index contributed by atoms with van der Waals surface area (Å²) in [6.45, 7) is 0.252. The van der Waals surface area contributed by atoms with Gasteiger partial charge in [-0.2, -0.15) is 4.98 Å². The fourth-order valence-electron chi connectivity index (χ4n) is 2.69. The number of aromatic nitrogens is 4. The molecule has 0 aliphatic carbocycles. The van der Waals surface area contributed by atoms with Crippen molar-refractivity contribution in [3.8, 4) is 0 Å². The molecule has 0 bridgehead atoms. The van der Waals surface area contributed by atoms with Gasteiger partial charge in [0.1, 0.15) is 6.04 Å². The van der Waals surface area contributed by atoms with Crippen LogP contribution >= 0.6 is 0 Å². The number of nitrogens with two attached hydrogens (primary N) is 1. The Labute approximate surface area is 210 Å². The molecule has 0 aliphatic heterocycles. The molecule has 3 aromatic rings. The molecule has 2 aromatic heterocycles. The van der Waals surface area contributed by atoms with Crippen molar-refractivity contribution in [1.82, 2.24) is 25.3 Å². The number of fused-ring (bicyclic) bond motifs is 1. The summed E-state index contributed by atoms with van der Waals surface area (Å²) in [4.78, 5) is 60.2. The third-order valence-electron chi connectivity index (χ3n) is 4.25. The number of hydrogen-bond acceptors (Lipinski definition) is 9. The first-order chi connectivity index (χ1) is 14.9. The fourth-order valence-corrected chi connectivity index (χ4v) is 2.69. The van der Waals surface area contributed by atoms with Crippen molar-refractivity contribution < 1.29 is 38.4 Å². The van der Waals surface area contributed by atoms with Crippen molar-refractivity contribution in [2.24, 2.45) is 0 Å². The van der Waals surface area contributed by atoms with Crippen LogP contribution in [0.2, 0.25) is 0 Å². The summed E-state index contributed by atoms with van der Waals surface area (Å²) in [5.41, 5.74) is 6.61. The molecule has 1 amide bonds. The zero-order valence-corrected chi connectivity index (χ0v) is 18.8. The third-order valence-corrected chi connectivity index (χ3v) is 4.25. The van der Waals surface area contributed by atoms with E-state index in [2.05, 4.69) is 30.6 Å². The summed E-state index contributed by atoms with van der Waals surface area (Å²) in [5.74, 6) is -1.84. The van der Waals surface area contributed by atoms with Crippen molar-refractivity contribution >= 4 is 58.3 Å². The molecule has 6 N–H and O–H groups in total. The molecule has 3 radical (unpaired) electrons. The van der Waals surface area contributed by atoms with Crippen LogP contribution < -0.4 is 40.8 Å². The van der Waals surface area contributed by atoms with Crippen LogP contribution in [0.4, 0.5) is 11.6 Å². The predicted octanol–water partition coefficient (Wildman–Crippen LogP) is -3.40. The molecule has 14 heteroatoms. The average molecular weight is 458 g/mol. The average Bonchev–Trinajstić information content (AvgIpc) is 2.75. The number of aliphatic carboxylic acids is 1. The van der Waals surface area contributed by atoms with Crippen molar-refractivity contribution in [2.45, 2.75) is 25.4 Å². The number of H-pyrrole nitrogens is 1. The van der Waals surface area contributed by atoms with E-state index in [0.717, 1.165) is 0 Å². The molecule has 0 saturated carbocycles. The van der Waals surface area contributed by atoms with Crippen molar-refractivity contribution in [2.75, 3.05) is 11.1 Å². The summed E-state index contributed by atoms with van der Waals surface area (Å²) < 4.78 is 0. The van der Waals surface area contributed by atoms with Crippen LogP contribution in [0.5, 0.6) is 0 Å². The topological polar surface area (TPSA) is 193 Å². The summed E-state index contributed by atoms with van der Waals surface area (Å²) in [7, 11) is 0. The first kappa shape index (κ1) is 27.8. The van der Waals surface area contributed by atoms with Gasteiger partial charge in [0.15, 0.2) is 11.2 Å². The molecule has 0 unspecified atom stereocenters. The Bertz CT molecular complexity index is 1190. The number of aromatic amines is 1. The number of carboxylic acids is 1. The Kier molecular flexibility index (Phi) is 10.7. The van der Waals surface area contributed by atoms with Gasteiger partial charge in [-0.15, -0.1) is 6.42 Å². The SMILES string of the molecule is Nc1nc2ncc(CNc3ccc(C(=O)N[C@@H](CC[C-]=O)C(=O)O)cc3)nc2c(=O)[nH]1.[Al].[Li+]. The van der Waals surface area contributed by atoms with Gasteiger partial charge in [0.2, 0.25) is 5.95 Å². The number of benzene rings is 1. The minimum absolute atomic E-state index is 0. The summed E-state index contributed by atoms with van der Waals surface area (Å²) >= 11 is 0. The molecule has 2 heterocycles. The summed E-state index contributed by atoms with van der Waals surface area (Å²) in [6.07, 6.45) is 2.94. The Morgan fingerprint density at radius 3 is 2.55 bits per heavy atom. The maximum absolute atomic E-state index is 12.2. The van der Waals surface area contributed by atoms with Gasteiger partial charge >= 0.3 is 24.8 Å². The Hall–Kier alpha value is -3.22. The standard InChI is InChI=1S/C19H18N7O5.Al.Li/c20-19-25-15-14(17(29)26-19)23-12(9-22-15)8-21-11-5-3-10(4-6-11)16(28)24-13(18(30)31)2-1-7-27;;/h3-6,9,13,21H,1-2,8H2,(H,24,28)(H,30,31)(H3,20,22,25,26,29);;/q-1;;+1/t13-;;/m0../s1. The number of rotatable bonds is 9. The van der Waals surface area contributed by atoms with Gasteiger partial charge < -0.3 is 26.3 Å². The molecule has 33 heavy (non-hydrogen) atoms. The normalized spacial score (nSPS) is 10.9. The van der Waals surface area contributed by atoms with E-state index in [9.17, 15) is 19.2 Å². The van der Waals surface area contributed by atoms with E-state index in [0.29, 0.717) is 11.4 Å². The molecule has 163 valence electrons. The van der Waals surface area contributed by atoms with E-state index in [1.807, 2.05) is 0 Å². The van der Waals surface area contributed by atoms with Gasteiger partial charge in [0.25, 0.3) is 11.5 Å². The molecule has 3 rings (SSSR count). The molecular weight excluding hydrogens is 440 g/mol. The molecule has 1 atom stereocenters. The van der Waals surface area contributed by atoms with Gasteiger partial charge in [-0.3, -0.25) is 20.9 Å². The van der Waals surface area contributed by atoms with Crippen LogP contribution in [0.3, 0.4) is 0 Å². The number of amides is 1. The molecule has 0 aliphatic rings. The molecule has 0 spiro atoms. The summed E-state index contributed by atoms with van der Waals surface area (Å²) in [6, 6.07) is 5.13. The molecule has 12 nitrogen and oxygen atoms in total. The number of carbonyl (C=O) groups excluding carboxylic acids is 2. The first-order valence-electron chi connectivity index (χ1n) is 9.11. The van der Waals surface area contributed by atoms with Crippen molar-refractivity contribution in [3.05, 3.63) is 52.1 Å². The quantitative estimate of drug-likeness (QED) is 0.159. The Morgan fingerprint density at radius 1 is 1.21 bits per heavy atom. The zero-order valence-electron chi connectivity index (χ0n) is 17.7. The van der Waals surface area contributed by atoms with E-state index in [-0.39, 0.29) is 78.3 Å². The number of hydrogen-bond donors (Lipinski definition) is 5.